The number of nitrogens with one attached hydrogen (secondary N) is 2. The molecule has 0 amide bonds. The van der Waals surface area contributed by atoms with Gasteiger partial charge in [-0.05, 0) is 38.2 Å². The Labute approximate surface area is 124 Å². The number of non-ortho nitro benzene ring substituents is 1. The molecule has 3 N–H and O–H groups in total. The first-order valence-electron chi connectivity index (χ1n) is 7.56. The molecule has 2 rings (SSSR count). The lowest BCUT2D eigenvalue weighted by Crippen LogP contribution is -2.28. The van der Waals surface area contributed by atoms with E-state index in [4.69, 9.17) is 0 Å². The van der Waals surface area contributed by atoms with E-state index in [1.54, 1.807) is 12.1 Å². The molecule has 0 radical (unpaired) electrons. The number of hydrogen-bond acceptors (Lipinski definition) is 5. The van der Waals surface area contributed by atoms with Gasteiger partial charge in [-0.15, -0.1) is 0 Å². The molecule has 1 aliphatic carbocycles. The van der Waals surface area contributed by atoms with E-state index in [0.29, 0.717) is 0 Å². The third kappa shape index (κ3) is 4.60. The van der Waals surface area contributed by atoms with Crippen LogP contribution in [0, 0.1) is 10.1 Å². The summed E-state index contributed by atoms with van der Waals surface area (Å²) in [5, 5.41) is 27.1. The predicted octanol–water partition coefficient (Wildman–Crippen LogP) is 3.13. The van der Waals surface area contributed by atoms with Crippen LogP contribution < -0.4 is 10.6 Å². The van der Waals surface area contributed by atoms with Crippen molar-refractivity contribution in [2.24, 2.45) is 0 Å². The number of nitro benzene ring substituents is 1. The lowest BCUT2D eigenvalue weighted by Gasteiger charge is -2.27. The Morgan fingerprint density at radius 3 is 2.52 bits per heavy atom. The number of nitro groups is 1. The van der Waals surface area contributed by atoms with E-state index in [0.717, 1.165) is 50.0 Å². The second-order valence-corrected chi connectivity index (χ2v) is 5.60. The predicted molar refractivity (Wildman–Crippen MR) is 83.8 cm³/mol. The molecule has 0 atom stereocenters. The van der Waals surface area contributed by atoms with Crippen molar-refractivity contribution in [2.75, 3.05) is 17.2 Å². The molecule has 116 valence electrons. The second-order valence-electron chi connectivity index (χ2n) is 5.60. The van der Waals surface area contributed by atoms with E-state index in [1.165, 1.54) is 0 Å². The zero-order chi connectivity index (χ0) is 15.2. The van der Waals surface area contributed by atoms with Crippen LogP contribution in [0.1, 0.15) is 39.0 Å². The minimum absolute atomic E-state index is 0.0921. The van der Waals surface area contributed by atoms with Gasteiger partial charge in [-0.25, -0.2) is 0 Å². The van der Waals surface area contributed by atoms with Crippen LogP contribution in [0.2, 0.25) is 0 Å². The molecule has 0 bridgehead atoms. The molecule has 1 fully saturated rings. The summed E-state index contributed by atoms with van der Waals surface area (Å²) in [5.41, 5.74) is 1.63. The van der Waals surface area contributed by atoms with Crippen molar-refractivity contribution in [1.82, 2.24) is 0 Å². The van der Waals surface area contributed by atoms with Crippen LogP contribution in [0.3, 0.4) is 0 Å². The number of aliphatic hydroxyl groups excluding tert-OH is 1. The first-order chi connectivity index (χ1) is 10.1. The molecular formula is C15H23N3O3. The highest BCUT2D eigenvalue weighted by molar-refractivity contribution is 5.63. The maximum Gasteiger partial charge on any atom is 0.273 e. The molecule has 0 aromatic heterocycles. The van der Waals surface area contributed by atoms with Gasteiger partial charge >= 0.3 is 0 Å². The highest BCUT2D eigenvalue weighted by Crippen LogP contribution is 2.27. The summed E-state index contributed by atoms with van der Waals surface area (Å²) >= 11 is 0. The molecule has 0 saturated heterocycles. The number of anilines is 2. The summed E-state index contributed by atoms with van der Waals surface area (Å²) in [6, 6.07) is 5.32. The Hall–Kier alpha value is -1.82. The fourth-order valence-electron chi connectivity index (χ4n) is 2.63. The number of hydrogen-bond donors (Lipinski definition) is 3. The molecule has 1 aromatic rings. The van der Waals surface area contributed by atoms with E-state index < -0.39 is 0 Å². The van der Waals surface area contributed by atoms with Crippen LogP contribution in [0.25, 0.3) is 0 Å². The fraction of sp³-hybridized carbons (Fsp3) is 0.600. The molecular weight excluding hydrogens is 270 g/mol. The Bertz CT molecular complexity index is 485. The number of aliphatic hydroxyl groups is 1. The van der Waals surface area contributed by atoms with Gasteiger partial charge in [-0.2, -0.15) is 0 Å². The van der Waals surface area contributed by atoms with Gasteiger partial charge in [-0.3, -0.25) is 10.1 Å². The summed E-state index contributed by atoms with van der Waals surface area (Å²) in [5.74, 6) is 0. The molecule has 6 heteroatoms. The molecule has 1 saturated carbocycles. The van der Waals surface area contributed by atoms with Gasteiger partial charge in [0.05, 0.1) is 11.0 Å². The summed E-state index contributed by atoms with van der Waals surface area (Å²) in [6.45, 7) is 2.84. The third-order valence-corrected chi connectivity index (χ3v) is 3.78. The van der Waals surface area contributed by atoms with Gasteiger partial charge in [0.1, 0.15) is 0 Å². The highest BCUT2D eigenvalue weighted by Gasteiger charge is 2.20. The minimum atomic E-state index is -0.368. The number of rotatable bonds is 6. The minimum Gasteiger partial charge on any atom is -0.393 e. The monoisotopic (exact) mass is 293 g/mol. The van der Waals surface area contributed by atoms with Crippen molar-refractivity contribution in [2.45, 2.75) is 51.2 Å². The van der Waals surface area contributed by atoms with Crippen LogP contribution in [0.4, 0.5) is 17.1 Å². The van der Waals surface area contributed by atoms with Gasteiger partial charge in [0, 0.05) is 36.1 Å². The fourth-order valence-corrected chi connectivity index (χ4v) is 2.63. The Morgan fingerprint density at radius 2 is 1.90 bits per heavy atom. The quantitative estimate of drug-likeness (QED) is 0.554. The van der Waals surface area contributed by atoms with Crippen LogP contribution in [0.5, 0.6) is 0 Å². The molecule has 1 aromatic carbocycles. The van der Waals surface area contributed by atoms with Crippen molar-refractivity contribution in [3.63, 3.8) is 0 Å². The normalized spacial score (nSPS) is 21.8. The SMILES string of the molecule is CCCNc1cc(NC2CCC(O)CC2)cc([N+](=O)[O-])c1. The Morgan fingerprint density at radius 1 is 1.24 bits per heavy atom. The Balaban J connectivity index is 2.09. The standard InChI is InChI=1S/C15H23N3O3/c1-2-7-16-12-8-13(10-14(9-12)18(20)21)17-11-3-5-15(19)6-4-11/h8-11,15-17,19H,2-7H2,1H3. The van der Waals surface area contributed by atoms with Crippen molar-refractivity contribution in [3.05, 3.63) is 28.3 Å². The second kappa shape index (κ2) is 7.26. The van der Waals surface area contributed by atoms with E-state index in [2.05, 4.69) is 17.6 Å². The smallest absolute Gasteiger partial charge is 0.273 e. The van der Waals surface area contributed by atoms with Crippen molar-refractivity contribution >= 4 is 17.1 Å². The largest absolute Gasteiger partial charge is 0.393 e. The van der Waals surface area contributed by atoms with E-state index in [9.17, 15) is 15.2 Å². The average molecular weight is 293 g/mol. The van der Waals surface area contributed by atoms with Gasteiger partial charge in [0.15, 0.2) is 0 Å². The van der Waals surface area contributed by atoms with Gasteiger partial charge < -0.3 is 15.7 Å². The lowest BCUT2D eigenvalue weighted by molar-refractivity contribution is -0.384. The molecule has 0 heterocycles. The van der Waals surface area contributed by atoms with Gasteiger partial charge in [-0.1, -0.05) is 6.92 Å². The first kappa shape index (κ1) is 15.6. The van der Waals surface area contributed by atoms with Crippen molar-refractivity contribution < 1.29 is 10.0 Å². The third-order valence-electron chi connectivity index (χ3n) is 3.78. The lowest BCUT2D eigenvalue weighted by atomic mass is 9.93. The summed E-state index contributed by atoms with van der Waals surface area (Å²) in [7, 11) is 0. The van der Waals surface area contributed by atoms with Crippen LogP contribution in [-0.4, -0.2) is 28.7 Å². The zero-order valence-electron chi connectivity index (χ0n) is 12.3. The average Bonchev–Trinajstić information content (AvgIpc) is 2.47. The number of nitrogens with zero attached hydrogens (tertiary/aromatic N) is 1. The van der Waals surface area contributed by atoms with Crippen molar-refractivity contribution in [1.29, 1.82) is 0 Å². The number of benzene rings is 1. The van der Waals surface area contributed by atoms with Gasteiger partial charge in [0.2, 0.25) is 0 Å². The van der Waals surface area contributed by atoms with E-state index >= 15 is 0 Å². The zero-order valence-corrected chi connectivity index (χ0v) is 12.3. The van der Waals surface area contributed by atoms with Crippen LogP contribution in [-0.2, 0) is 0 Å². The summed E-state index contributed by atoms with van der Waals surface area (Å²) < 4.78 is 0. The maximum atomic E-state index is 11.0. The Kier molecular flexibility index (Phi) is 5.38. The van der Waals surface area contributed by atoms with E-state index in [-0.39, 0.29) is 22.8 Å². The molecule has 1 aliphatic rings. The first-order valence-corrected chi connectivity index (χ1v) is 7.56. The van der Waals surface area contributed by atoms with Crippen molar-refractivity contribution in [3.8, 4) is 0 Å². The molecule has 0 aliphatic heterocycles. The van der Waals surface area contributed by atoms with Crippen LogP contribution in [0.15, 0.2) is 18.2 Å². The maximum absolute atomic E-state index is 11.0. The van der Waals surface area contributed by atoms with Crippen LogP contribution >= 0.6 is 0 Å². The highest BCUT2D eigenvalue weighted by atomic mass is 16.6. The molecule has 0 unspecified atom stereocenters. The molecule has 21 heavy (non-hydrogen) atoms. The van der Waals surface area contributed by atoms with Gasteiger partial charge in [0.25, 0.3) is 5.69 Å². The summed E-state index contributed by atoms with van der Waals surface area (Å²) in [6.07, 6.45) is 4.12. The summed E-state index contributed by atoms with van der Waals surface area (Å²) in [4.78, 5) is 10.7. The van der Waals surface area contributed by atoms with E-state index in [1.807, 2.05) is 6.07 Å². The topological polar surface area (TPSA) is 87.4 Å². The molecule has 0 spiro atoms. The molecule has 6 nitrogen and oxygen atoms in total.